The third kappa shape index (κ3) is 2.53. The minimum absolute atomic E-state index is 0.154. The predicted octanol–water partition coefficient (Wildman–Crippen LogP) is 2.97. The molecule has 0 aromatic carbocycles. The maximum atomic E-state index is 10.6. The van der Waals surface area contributed by atoms with Crippen molar-refractivity contribution in [3.63, 3.8) is 0 Å². The highest BCUT2D eigenvalue weighted by Crippen LogP contribution is 2.44. The molecule has 17 heavy (non-hydrogen) atoms. The molecule has 0 amide bonds. The molecule has 0 aromatic rings. The Hall–Kier alpha value is -0.0800. The zero-order valence-corrected chi connectivity index (χ0v) is 11.3. The van der Waals surface area contributed by atoms with Gasteiger partial charge in [0.2, 0.25) is 0 Å². The average Bonchev–Trinajstić information content (AvgIpc) is 2.49. The van der Waals surface area contributed by atoms with Gasteiger partial charge in [-0.15, -0.1) is 0 Å². The average molecular weight is 240 g/mol. The summed E-state index contributed by atoms with van der Waals surface area (Å²) in [6.07, 6.45) is 7.54. The van der Waals surface area contributed by atoms with Crippen LogP contribution in [0.3, 0.4) is 0 Å². The van der Waals surface area contributed by atoms with Gasteiger partial charge in [0.05, 0.1) is 12.2 Å². The van der Waals surface area contributed by atoms with Crippen molar-refractivity contribution in [2.24, 2.45) is 23.7 Å². The molecule has 2 saturated carbocycles. The Morgan fingerprint density at radius 3 is 2.00 bits per heavy atom. The van der Waals surface area contributed by atoms with E-state index >= 15 is 0 Å². The molecule has 2 nitrogen and oxygen atoms in total. The smallest absolute Gasteiger partial charge is 0.0623 e. The van der Waals surface area contributed by atoms with Gasteiger partial charge in [-0.05, 0) is 43.4 Å². The number of rotatable bonds is 2. The van der Waals surface area contributed by atoms with E-state index in [0.717, 1.165) is 25.7 Å². The minimum Gasteiger partial charge on any atom is -0.392 e. The SMILES string of the molecule is CC[C@H]1CCCC2CC[C@H](CC)C(O)C2C1O. The molecule has 0 aliphatic heterocycles. The summed E-state index contributed by atoms with van der Waals surface area (Å²) < 4.78 is 0. The Bertz CT molecular complexity index is 241. The fourth-order valence-corrected chi connectivity index (χ4v) is 4.22. The first-order chi connectivity index (χ1) is 8.19. The summed E-state index contributed by atoms with van der Waals surface area (Å²) in [5.41, 5.74) is 0. The summed E-state index contributed by atoms with van der Waals surface area (Å²) in [4.78, 5) is 0. The number of fused-ring (bicyclic) bond motifs is 1. The summed E-state index contributed by atoms with van der Waals surface area (Å²) >= 11 is 0. The van der Waals surface area contributed by atoms with Gasteiger partial charge in [-0.3, -0.25) is 0 Å². The molecule has 6 atom stereocenters. The van der Waals surface area contributed by atoms with Crippen LogP contribution in [0, 0.1) is 23.7 Å². The molecule has 0 spiro atoms. The second kappa shape index (κ2) is 5.71. The number of aliphatic hydroxyl groups excluding tert-OH is 2. The molecule has 0 heterocycles. The van der Waals surface area contributed by atoms with Crippen LogP contribution in [-0.4, -0.2) is 22.4 Å². The van der Waals surface area contributed by atoms with Crippen molar-refractivity contribution in [2.75, 3.05) is 0 Å². The van der Waals surface area contributed by atoms with E-state index in [0.29, 0.717) is 17.8 Å². The second-order valence-corrected chi connectivity index (χ2v) is 6.16. The molecule has 4 unspecified atom stereocenters. The maximum absolute atomic E-state index is 10.6. The molecule has 0 aromatic heterocycles. The third-order valence-corrected chi connectivity index (χ3v) is 5.41. The predicted molar refractivity (Wildman–Crippen MR) is 69.6 cm³/mol. The van der Waals surface area contributed by atoms with Crippen molar-refractivity contribution in [1.29, 1.82) is 0 Å². The van der Waals surface area contributed by atoms with E-state index in [9.17, 15) is 10.2 Å². The molecular formula is C15H28O2. The van der Waals surface area contributed by atoms with Gasteiger partial charge >= 0.3 is 0 Å². The number of aliphatic hydroxyl groups is 2. The van der Waals surface area contributed by atoms with E-state index in [4.69, 9.17) is 0 Å². The highest BCUT2D eigenvalue weighted by Gasteiger charge is 2.44. The Kier molecular flexibility index (Phi) is 4.48. The topological polar surface area (TPSA) is 40.5 Å². The van der Waals surface area contributed by atoms with Gasteiger partial charge in [-0.1, -0.05) is 33.1 Å². The summed E-state index contributed by atoms with van der Waals surface area (Å²) in [7, 11) is 0. The summed E-state index contributed by atoms with van der Waals surface area (Å²) in [6, 6.07) is 0. The molecule has 0 radical (unpaired) electrons. The van der Waals surface area contributed by atoms with Gasteiger partial charge in [0.25, 0.3) is 0 Å². The fourth-order valence-electron chi connectivity index (χ4n) is 4.22. The van der Waals surface area contributed by atoms with Crippen LogP contribution < -0.4 is 0 Å². The van der Waals surface area contributed by atoms with Gasteiger partial charge in [0.1, 0.15) is 0 Å². The standard InChI is InChI=1S/C15H28O2/c1-3-10-6-5-7-12-9-8-11(4-2)15(17)13(12)14(10)16/h10-17H,3-9H2,1-2H3/t10-,11-,12?,13?,14?,15?/m0/s1. The molecule has 0 saturated heterocycles. The van der Waals surface area contributed by atoms with E-state index < -0.39 is 0 Å². The molecule has 2 N–H and O–H groups in total. The van der Waals surface area contributed by atoms with Crippen LogP contribution in [0.15, 0.2) is 0 Å². The molecule has 2 aliphatic carbocycles. The zero-order valence-electron chi connectivity index (χ0n) is 11.3. The maximum Gasteiger partial charge on any atom is 0.0623 e. The fraction of sp³-hybridized carbons (Fsp3) is 1.00. The van der Waals surface area contributed by atoms with E-state index in [-0.39, 0.29) is 18.1 Å². The first-order valence-corrected chi connectivity index (χ1v) is 7.55. The molecule has 2 rings (SSSR count). The first-order valence-electron chi connectivity index (χ1n) is 7.55. The van der Waals surface area contributed by atoms with Gasteiger partial charge in [-0.2, -0.15) is 0 Å². The van der Waals surface area contributed by atoms with Crippen LogP contribution in [0.2, 0.25) is 0 Å². The van der Waals surface area contributed by atoms with Crippen LogP contribution in [-0.2, 0) is 0 Å². The van der Waals surface area contributed by atoms with Crippen LogP contribution in [0.1, 0.15) is 58.8 Å². The molecule has 2 heteroatoms. The largest absolute Gasteiger partial charge is 0.392 e. The second-order valence-electron chi connectivity index (χ2n) is 6.16. The highest BCUT2D eigenvalue weighted by molar-refractivity contribution is 4.94. The molecule has 2 aliphatic rings. The van der Waals surface area contributed by atoms with Crippen molar-refractivity contribution < 1.29 is 10.2 Å². The third-order valence-electron chi connectivity index (χ3n) is 5.41. The van der Waals surface area contributed by atoms with Crippen LogP contribution in [0.25, 0.3) is 0 Å². The van der Waals surface area contributed by atoms with Gasteiger partial charge in [0.15, 0.2) is 0 Å². The summed E-state index contributed by atoms with van der Waals surface area (Å²) in [6.45, 7) is 4.33. The minimum atomic E-state index is -0.267. The summed E-state index contributed by atoms with van der Waals surface area (Å²) in [5, 5.41) is 21.1. The van der Waals surface area contributed by atoms with Gasteiger partial charge in [-0.25, -0.2) is 0 Å². The van der Waals surface area contributed by atoms with E-state index in [2.05, 4.69) is 13.8 Å². The van der Waals surface area contributed by atoms with Crippen LogP contribution >= 0.6 is 0 Å². The van der Waals surface area contributed by atoms with E-state index in [1.807, 2.05) is 0 Å². The molecule has 2 fully saturated rings. The van der Waals surface area contributed by atoms with Gasteiger partial charge < -0.3 is 10.2 Å². The molecular weight excluding hydrogens is 212 g/mol. The number of hydrogen-bond donors (Lipinski definition) is 2. The van der Waals surface area contributed by atoms with Crippen LogP contribution in [0.4, 0.5) is 0 Å². The first kappa shape index (κ1) is 13.4. The molecule has 100 valence electrons. The van der Waals surface area contributed by atoms with Crippen molar-refractivity contribution in [1.82, 2.24) is 0 Å². The van der Waals surface area contributed by atoms with Crippen molar-refractivity contribution in [2.45, 2.75) is 71.0 Å². The lowest BCUT2D eigenvalue weighted by molar-refractivity contribution is -0.0873. The lowest BCUT2D eigenvalue weighted by Gasteiger charge is -2.43. The van der Waals surface area contributed by atoms with Crippen molar-refractivity contribution in [3.05, 3.63) is 0 Å². The van der Waals surface area contributed by atoms with E-state index in [1.54, 1.807) is 0 Å². The van der Waals surface area contributed by atoms with E-state index in [1.165, 1.54) is 19.3 Å². The Balaban J connectivity index is 2.15. The zero-order chi connectivity index (χ0) is 12.4. The quantitative estimate of drug-likeness (QED) is 0.779. The normalized spacial score (nSPS) is 47.3. The van der Waals surface area contributed by atoms with Crippen molar-refractivity contribution in [3.8, 4) is 0 Å². The number of hydrogen-bond acceptors (Lipinski definition) is 2. The van der Waals surface area contributed by atoms with Gasteiger partial charge in [0, 0.05) is 5.92 Å². The lowest BCUT2D eigenvalue weighted by atomic mass is 9.67. The monoisotopic (exact) mass is 240 g/mol. The highest BCUT2D eigenvalue weighted by atomic mass is 16.3. The van der Waals surface area contributed by atoms with Crippen LogP contribution in [0.5, 0.6) is 0 Å². The summed E-state index contributed by atoms with van der Waals surface area (Å²) in [5.74, 6) is 1.55. The Labute approximate surface area is 105 Å². The molecule has 0 bridgehead atoms. The Morgan fingerprint density at radius 2 is 1.41 bits per heavy atom. The van der Waals surface area contributed by atoms with Crippen molar-refractivity contribution >= 4 is 0 Å². The Morgan fingerprint density at radius 1 is 0.824 bits per heavy atom. The lowest BCUT2D eigenvalue weighted by Crippen LogP contribution is -2.46.